The molecular weight excluding hydrogens is 448 g/mol. The molecule has 5 nitrogen and oxygen atoms in total. The number of allylic oxidation sites excluding steroid dienone is 3. The molecule has 2 spiro atoms. The molecule has 7 atom stereocenters. The molecule has 3 heterocycles. The minimum Gasteiger partial charge on any atom is -0.388 e. The van der Waals surface area contributed by atoms with Gasteiger partial charge in [0.1, 0.15) is 6.10 Å². The van der Waals surface area contributed by atoms with Crippen LogP contribution in [0, 0.1) is 11.3 Å². The average Bonchev–Trinajstić information content (AvgIpc) is 3.36. The minimum atomic E-state index is -0.890. The Hall–Kier alpha value is -2.31. The highest BCUT2D eigenvalue weighted by Crippen LogP contribution is 2.69. The summed E-state index contributed by atoms with van der Waals surface area (Å²) in [5, 5.41) is 23.4. The highest BCUT2D eigenvalue weighted by Gasteiger charge is 2.68. The molecule has 1 saturated carbocycles. The van der Waals surface area contributed by atoms with Gasteiger partial charge in [0.15, 0.2) is 0 Å². The van der Waals surface area contributed by atoms with E-state index in [1.54, 1.807) is 0 Å². The summed E-state index contributed by atoms with van der Waals surface area (Å²) in [7, 11) is 3.97. The van der Waals surface area contributed by atoms with Crippen LogP contribution in [0.3, 0.4) is 0 Å². The molecule has 2 N–H and O–H groups in total. The summed E-state index contributed by atoms with van der Waals surface area (Å²) in [6.45, 7) is 4.69. The van der Waals surface area contributed by atoms with Gasteiger partial charge in [0.05, 0.1) is 22.8 Å². The van der Waals surface area contributed by atoms with Gasteiger partial charge >= 0.3 is 0 Å². The Kier molecular flexibility index (Phi) is 4.69. The number of hydrogen-bond acceptors (Lipinski definition) is 5. The third-order valence-electron chi connectivity index (χ3n) is 10.3. The maximum Gasteiger partial charge on any atom is 0.105 e. The Morgan fingerprint density at radius 2 is 1.97 bits per heavy atom. The summed E-state index contributed by atoms with van der Waals surface area (Å²) in [5.41, 5.74) is 6.40. The van der Waals surface area contributed by atoms with Crippen LogP contribution in [0.4, 0.5) is 0 Å². The zero-order chi connectivity index (χ0) is 25.0. The molecule has 5 aliphatic rings. The lowest BCUT2D eigenvalue weighted by molar-refractivity contribution is -0.162. The van der Waals surface area contributed by atoms with Crippen molar-refractivity contribution in [1.29, 1.82) is 0 Å². The Labute approximate surface area is 213 Å². The molecule has 1 aromatic carbocycles. The van der Waals surface area contributed by atoms with E-state index in [1.807, 2.05) is 31.3 Å². The highest BCUT2D eigenvalue weighted by molar-refractivity contribution is 5.85. The van der Waals surface area contributed by atoms with Gasteiger partial charge in [-0.3, -0.25) is 4.98 Å². The molecule has 1 saturated heterocycles. The van der Waals surface area contributed by atoms with Gasteiger partial charge < -0.3 is 19.8 Å². The van der Waals surface area contributed by atoms with Crippen LogP contribution in [0.2, 0.25) is 0 Å². The first-order valence-corrected chi connectivity index (χ1v) is 13.4. The lowest BCUT2D eigenvalue weighted by atomic mass is 9.56. The summed E-state index contributed by atoms with van der Waals surface area (Å²) in [4.78, 5) is 6.56. The molecule has 3 aliphatic carbocycles. The molecule has 2 fully saturated rings. The first-order valence-electron chi connectivity index (χ1n) is 13.4. The lowest BCUT2D eigenvalue weighted by Crippen LogP contribution is -2.62. The number of fused-ring (bicyclic) bond motifs is 2. The molecule has 1 unspecified atom stereocenters. The van der Waals surface area contributed by atoms with E-state index in [9.17, 15) is 10.2 Å². The summed E-state index contributed by atoms with van der Waals surface area (Å²) < 4.78 is 7.32. The van der Waals surface area contributed by atoms with E-state index in [4.69, 9.17) is 4.74 Å². The van der Waals surface area contributed by atoms with Gasteiger partial charge in [0.2, 0.25) is 0 Å². The fourth-order valence-corrected chi connectivity index (χ4v) is 8.69. The van der Waals surface area contributed by atoms with Crippen molar-refractivity contribution < 1.29 is 14.9 Å². The maximum absolute atomic E-state index is 11.2. The van der Waals surface area contributed by atoms with E-state index in [-0.39, 0.29) is 17.1 Å². The van der Waals surface area contributed by atoms with Gasteiger partial charge in [-0.25, -0.2) is 0 Å². The number of aromatic nitrogens is 1. The second-order valence-electron chi connectivity index (χ2n) is 12.4. The third-order valence-corrected chi connectivity index (χ3v) is 10.3. The van der Waals surface area contributed by atoms with E-state index >= 15 is 0 Å². The fourth-order valence-electron chi connectivity index (χ4n) is 8.69. The molecule has 0 radical (unpaired) electrons. The Balaban J connectivity index is 1.33. The monoisotopic (exact) mass is 484 g/mol. The van der Waals surface area contributed by atoms with Crippen LogP contribution < -0.4 is 0 Å². The summed E-state index contributed by atoms with van der Waals surface area (Å²) >= 11 is 0. The van der Waals surface area contributed by atoms with Crippen LogP contribution in [0.5, 0.6) is 0 Å². The van der Waals surface area contributed by atoms with E-state index in [2.05, 4.69) is 55.2 Å². The molecule has 2 bridgehead atoms. The van der Waals surface area contributed by atoms with E-state index in [0.717, 1.165) is 43.2 Å². The molecule has 2 aromatic rings. The van der Waals surface area contributed by atoms with Crippen molar-refractivity contribution in [1.82, 2.24) is 9.88 Å². The smallest absolute Gasteiger partial charge is 0.105 e. The average molecular weight is 485 g/mol. The molecule has 0 amide bonds. The van der Waals surface area contributed by atoms with Gasteiger partial charge in [-0.05, 0) is 93.6 Å². The van der Waals surface area contributed by atoms with Crippen molar-refractivity contribution in [2.45, 2.75) is 75.4 Å². The largest absolute Gasteiger partial charge is 0.388 e. The standard InChI is InChI=1S/C31H36N2O3/c1-18-16-29(2)21(19-7-9-24-20(14-19)6-5-13-32-24)8-10-26(29)31-12-11-30(36-31)17-25(33(3)4)28(35)27(34)23(30)15-22(18)31/h5-9,13-15,25-28,34-35H,10-12,16-17H2,1-4H3/t25-,26?,27+,28+,29+,30+,31+/m0/s1. The number of benzene rings is 1. The quantitative estimate of drug-likeness (QED) is 0.650. The summed E-state index contributed by atoms with van der Waals surface area (Å²) in [5.74, 6) is 0.349. The summed E-state index contributed by atoms with van der Waals surface area (Å²) in [6, 6.07) is 10.7. The first-order chi connectivity index (χ1) is 17.2. The number of ether oxygens (including phenoxy) is 1. The predicted molar refractivity (Wildman–Crippen MR) is 141 cm³/mol. The van der Waals surface area contributed by atoms with Crippen LogP contribution in [0.15, 0.2) is 65.4 Å². The van der Waals surface area contributed by atoms with Gasteiger partial charge in [-0.15, -0.1) is 0 Å². The first kappa shape index (κ1) is 22.9. The topological polar surface area (TPSA) is 65.8 Å². The number of aliphatic hydroxyl groups excluding tert-OH is 2. The van der Waals surface area contributed by atoms with Gasteiger partial charge in [0.25, 0.3) is 0 Å². The van der Waals surface area contributed by atoms with Crippen molar-refractivity contribution in [3.63, 3.8) is 0 Å². The lowest BCUT2D eigenvalue weighted by Gasteiger charge is -2.56. The Morgan fingerprint density at radius 3 is 2.78 bits per heavy atom. The molecular formula is C31H36N2O3. The molecule has 36 heavy (non-hydrogen) atoms. The van der Waals surface area contributed by atoms with Crippen LogP contribution in [0.1, 0.15) is 51.5 Å². The van der Waals surface area contributed by atoms with Gasteiger partial charge in [0, 0.05) is 29.0 Å². The van der Waals surface area contributed by atoms with E-state index < -0.39 is 17.8 Å². The third kappa shape index (κ3) is 2.78. The van der Waals surface area contributed by atoms with Crippen molar-refractivity contribution in [3.8, 4) is 0 Å². The van der Waals surface area contributed by atoms with Crippen LogP contribution in [-0.2, 0) is 4.74 Å². The fraction of sp³-hybridized carbons (Fsp3) is 0.516. The number of likely N-dealkylation sites (N-methyl/N-ethyl adjacent to an activating group) is 1. The molecule has 7 rings (SSSR count). The Morgan fingerprint density at radius 1 is 1.14 bits per heavy atom. The minimum absolute atomic E-state index is 0.0198. The van der Waals surface area contributed by atoms with Crippen molar-refractivity contribution >= 4 is 16.5 Å². The van der Waals surface area contributed by atoms with E-state index in [0.29, 0.717) is 5.92 Å². The van der Waals surface area contributed by atoms with Gasteiger partial charge in [-0.1, -0.05) is 36.8 Å². The van der Waals surface area contributed by atoms with Crippen molar-refractivity contribution in [2.24, 2.45) is 11.3 Å². The SMILES string of the molecule is CC1=C2C=C3[C@@H](O)[C@H](O)[C@@H](N(C)C)C[C@]34CC[C@]2(O4)C2CC=C(c3ccc4ncccc4c3)[C@@]2(C)C1. The molecule has 5 heteroatoms. The predicted octanol–water partition coefficient (Wildman–Crippen LogP) is 4.65. The van der Waals surface area contributed by atoms with Crippen LogP contribution >= 0.6 is 0 Å². The summed E-state index contributed by atoms with van der Waals surface area (Å²) in [6.07, 6.45) is 9.42. The van der Waals surface area contributed by atoms with E-state index in [1.165, 1.54) is 27.7 Å². The number of nitrogens with zero attached hydrogens (tertiary/aromatic N) is 2. The molecule has 2 aliphatic heterocycles. The second-order valence-corrected chi connectivity index (χ2v) is 12.4. The van der Waals surface area contributed by atoms with Crippen molar-refractivity contribution in [2.75, 3.05) is 14.1 Å². The number of rotatable bonds is 2. The van der Waals surface area contributed by atoms with Crippen molar-refractivity contribution in [3.05, 3.63) is 71.0 Å². The number of hydrogen-bond donors (Lipinski definition) is 2. The molecule has 1 aromatic heterocycles. The zero-order valence-electron chi connectivity index (χ0n) is 21.7. The molecule has 188 valence electrons. The Bertz CT molecular complexity index is 1370. The number of aliphatic hydroxyl groups is 2. The maximum atomic E-state index is 11.2. The highest BCUT2D eigenvalue weighted by atomic mass is 16.5. The van der Waals surface area contributed by atoms with Crippen LogP contribution in [-0.4, -0.2) is 63.6 Å². The van der Waals surface area contributed by atoms with Gasteiger partial charge in [-0.2, -0.15) is 0 Å². The number of pyridine rings is 1. The second kappa shape index (κ2) is 7.38. The normalized spacial score (nSPS) is 41.2. The van der Waals surface area contributed by atoms with Crippen LogP contribution in [0.25, 0.3) is 16.5 Å². The zero-order valence-corrected chi connectivity index (χ0v) is 21.7.